The Bertz CT molecular complexity index is 1500. The zero-order chi connectivity index (χ0) is 28.6. The average Bonchev–Trinajstić information content (AvgIpc) is 3.34. The van der Waals surface area contributed by atoms with Crippen molar-refractivity contribution in [2.75, 3.05) is 38.0 Å². The fourth-order valence-electron chi connectivity index (χ4n) is 5.45. The van der Waals surface area contributed by atoms with Crippen LogP contribution in [0.5, 0.6) is 0 Å². The van der Waals surface area contributed by atoms with Crippen molar-refractivity contribution in [3.8, 4) is 0 Å². The van der Waals surface area contributed by atoms with Crippen LogP contribution in [0.4, 0.5) is 17.1 Å². The molecule has 40 heavy (non-hydrogen) atoms. The van der Waals surface area contributed by atoms with Crippen LogP contribution in [0.1, 0.15) is 46.8 Å². The number of fused-ring (bicyclic) bond motifs is 1. The molecule has 0 aromatic heterocycles. The molecule has 1 aliphatic carbocycles. The molecule has 0 unspecified atom stereocenters. The molecule has 0 saturated heterocycles. The minimum atomic E-state index is -0.525. The molecule has 0 radical (unpaired) electrons. The van der Waals surface area contributed by atoms with Gasteiger partial charge in [0.15, 0.2) is 0 Å². The predicted octanol–water partition coefficient (Wildman–Crippen LogP) is 6.82. The molecule has 1 amide bonds. The first-order valence-corrected chi connectivity index (χ1v) is 13.6. The van der Waals surface area contributed by atoms with Gasteiger partial charge in [-0.05, 0) is 72.4 Å². The molecular weight excluding hydrogens is 526 g/mol. The van der Waals surface area contributed by atoms with E-state index in [1.807, 2.05) is 57.4 Å². The van der Waals surface area contributed by atoms with E-state index in [0.717, 1.165) is 53.0 Å². The summed E-state index contributed by atoms with van der Waals surface area (Å²) in [6.07, 6.45) is 4.86. The Morgan fingerprint density at radius 3 is 2.23 bits per heavy atom. The van der Waals surface area contributed by atoms with Gasteiger partial charge in [-0.3, -0.25) is 14.9 Å². The fourth-order valence-corrected chi connectivity index (χ4v) is 5.65. The topological polar surface area (TPSA) is 82.3 Å². The standard InChI is InChI=1S/C31H32ClN5O3/c1-34(2)23-12-8-20(9-13-23)18-22-6-5-7-26-29(22)33-36(30(26)21-10-14-24(15-11-21)35(3)4)31(38)27-19-25(37(39)40)16-17-28(27)32/h8-19,26,30H,5-7H2,1-4H3/b22-18+/t26-,30-/m0/s1. The molecule has 0 bridgehead atoms. The molecule has 0 N–H and O–H groups in total. The van der Waals surface area contributed by atoms with Gasteiger partial charge in [-0.1, -0.05) is 35.9 Å². The summed E-state index contributed by atoms with van der Waals surface area (Å²) >= 11 is 6.41. The minimum Gasteiger partial charge on any atom is -0.378 e. The molecule has 206 valence electrons. The van der Waals surface area contributed by atoms with Crippen molar-refractivity contribution in [2.24, 2.45) is 11.0 Å². The van der Waals surface area contributed by atoms with Crippen LogP contribution in [0, 0.1) is 16.0 Å². The molecule has 1 saturated carbocycles. The maximum Gasteiger partial charge on any atom is 0.276 e. The number of hydrogen-bond donors (Lipinski definition) is 0. The number of hydrazone groups is 1. The molecule has 5 rings (SSSR count). The van der Waals surface area contributed by atoms with E-state index in [-0.39, 0.29) is 28.2 Å². The second-order valence-corrected chi connectivity index (χ2v) is 11.0. The van der Waals surface area contributed by atoms with E-state index in [1.165, 1.54) is 23.2 Å². The zero-order valence-corrected chi connectivity index (χ0v) is 23.8. The van der Waals surface area contributed by atoms with Crippen molar-refractivity contribution >= 4 is 46.4 Å². The van der Waals surface area contributed by atoms with Crippen molar-refractivity contribution in [3.05, 3.63) is 104 Å². The minimum absolute atomic E-state index is 0.00678. The van der Waals surface area contributed by atoms with Crippen molar-refractivity contribution in [1.29, 1.82) is 0 Å². The molecule has 0 spiro atoms. The van der Waals surface area contributed by atoms with Crippen LogP contribution in [0.2, 0.25) is 5.02 Å². The van der Waals surface area contributed by atoms with Crippen LogP contribution < -0.4 is 9.80 Å². The second kappa shape index (κ2) is 11.1. The predicted molar refractivity (Wildman–Crippen MR) is 161 cm³/mol. The lowest BCUT2D eigenvalue weighted by molar-refractivity contribution is -0.384. The number of carbonyl (C=O) groups excluding carboxylic acids is 1. The van der Waals surface area contributed by atoms with Gasteiger partial charge in [0.25, 0.3) is 11.6 Å². The highest BCUT2D eigenvalue weighted by atomic mass is 35.5. The highest BCUT2D eigenvalue weighted by Crippen LogP contribution is 2.45. The lowest BCUT2D eigenvalue weighted by Gasteiger charge is -2.30. The molecule has 1 aliphatic heterocycles. The van der Waals surface area contributed by atoms with Crippen LogP contribution in [0.25, 0.3) is 6.08 Å². The third kappa shape index (κ3) is 5.31. The van der Waals surface area contributed by atoms with Gasteiger partial charge in [-0.15, -0.1) is 0 Å². The summed E-state index contributed by atoms with van der Waals surface area (Å²) in [5.41, 5.74) is 6.07. The largest absolute Gasteiger partial charge is 0.378 e. The van der Waals surface area contributed by atoms with Crippen molar-refractivity contribution in [3.63, 3.8) is 0 Å². The Kier molecular flexibility index (Phi) is 7.63. The van der Waals surface area contributed by atoms with Gasteiger partial charge < -0.3 is 9.80 Å². The first-order valence-electron chi connectivity index (χ1n) is 13.3. The summed E-state index contributed by atoms with van der Waals surface area (Å²) in [6.45, 7) is 0. The first kappa shape index (κ1) is 27.4. The summed E-state index contributed by atoms with van der Waals surface area (Å²) in [5.74, 6) is -0.459. The molecule has 2 atom stereocenters. The van der Waals surface area contributed by atoms with Gasteiger partial charge in [0.1, 0.15) is 0 Å². The number of halogens is 1. The van der Waals surface area contributed by atoms with Gasteiger partial charge in [-0.25, -0.2) is 5.01 Å². The van der Waals surface area contributed by atoms with Gasteiger partial charge >= 0.3 is 0 Å². The third-order valence-electron chi connectivity index (χ3n) is 7.60. The van der Waals surface area contributed by atoms with E-state index in [0.29, 0.717) is 0 Å². The van der Waals surface area contributed by atoms with Gasteiger partial charge in [0, 0.05) is 57.6 Å². The van der Waals surface area contributed by atoms with Crippen molar-refractivity contribution < 1.29 is 9.72 Å². The Labute approximate surface area is 239 Å². The lowest BCUT2D eigenvalue weighted by Crippen LogP contribution is -2.32. The Morgan fingerprint density at radius 2 is 1.62 bits per heavy atom. The fraction of sp³-hybridized carbons (Fsp3) is 0.290. The number of carbonyl (C=O) groups is 1. The van der Waals surface area contributed by atoms with Gasteiger partial charge in [0.2, 0.25) is 0 Å². The normalized spacial score (nSPS) is 19.3. The summed E-state index contributed by atoms with van der Waals surface area (Å²) in [6, 6.07) is 20.0. The Morgan fingerprint density at radius 1 is 1.00 bits per heavy atom. The molecule has 2 aliphatic rings. The van der Waals surface area contributed by atoms with E-state index >= 15 is 0 Å². The summed E-state index contributed by atoms with van der Waals surface area (Å²) in [5, 5.41) is 18.0. The van der Waals surface area contributed by atoms with Crippen LogP contribution in [-0.4, -0.2) is 49.7 Å². The van der Waals surface area contributed by atoms with Gasteiger partial charge in [-0.2, -0.15) is 5.10 Å². The molecule has 9 heteroatoms. The Balaban J connectivity index is 1.58. The lowest BCUT2D eigenvalue weighted by atomic mass is 9.77. The molecule has 8 nitrogen and oxygen atoms in total. The smallest absolute Gasteiger partial charge is 0.276 e. The van der Waals surface area contributed by atoms with E-state index in [4.69, 9.17) is 16.7 Å². The maximum absolute atomic E-state index is 14.0. The second-order valence-electron chi connectivity index (χ2n) is 10.6. The number of amides is 1. The average molecular weight is 558 g/mol. The SMILES string of the molecule is CN(C)c1ccc(/C=C2\CCC[C@H]3C2=NN(C(=O)c2cc([N+](=O)[O-])ccc2Cl)[C@H]3c2ccc(N(C)C)cc2)cc1. The number of rotatable bonds is 6. The van der Waals surface area contributed by atoms with Crippen LogP contribution in [-0.2, 0) is 0 Å². The van der Waals surface area contributed by atoms with Gasteiger partial charge in [0.05, 0.1) is 27.3 Å². The van der Waals surface area contributed by atoms with Crippen molar-refractivity contribution in [1.82, 2.24) is 5.01 Å². The van der Waals surface area contributed by atoms with E-state index in [2.05, 4.69) is 35.2 Å². The zero-order valence-electron chi connectivity index (χ0n) is 23.0. The maximum atomic E-state index is 14.0. The number of allylic oxidation sites excluding steroid dienone is 1. The van der Waals surface area contributed by atoms with Crippen molar-refractivity contribution in [2.45, 2.75) is 25.3 Å². The summed E-state index contributed by atoms with van der Waals surface area (Å²) < 4.78 is 0. The molecule has 3 aromatic carbocycles. The van der Waals surface area contributed by atoms with E-state index in [9.17, 15) is 14.9 Å². The van der Waals surface area contributed by atoms with Crippen LogP contribution in [0.3, 0.4) is 0 Å². The first-order chi connectivity index (χ1) is 19.1. The molecule has 1 heterocycles. The van der Waals surface area contributed by atoms with E-state index < -0.39 is 10.8 Å². The number of benzene rings is 3. The monoisotopic (exact) mass is 557 g/mol. The van der Waals surface area contributed by atoms with Crippen LogP contribution in [0.15, 0.2) is 77.4 Å². The number of nitrogens with zero attached hydrogens (tertiary/aromatic N) is 5. The Hall–Kier alpha value is -4.17. The van der Waals surface area contributed by atoms with E-state index in [1.54, 1.807) is 0 Å². The quantitative estimate of drug-likeness (QED) is 0.245. The summed E-state index contributed by atoms with van der Waals surface area (Å²) in [7, 11) is 7.98. The number of non-ortho nitro benzene ring substituents is 1. The highest BCUT2D eigenvalue weighted by molar-refractivity contribution is 6.34. The number of nitro groups is 1. The number of nitro benzene ring substituents is 1. The number of anilines is 2. The molecular formula is C31H32ClN5O3. The summed E-state index contributed by atoms with van der Waals surface area (Å²) in [4.78, 5) is 29.0. The number of hydrogen-bond acceptors (Lipinski definition) is 6. The third-order valence-corrected chi connectivity index (χ3v) is 7.93. The molecule has 3 aromatic rings. The van der Waals surface area contributed by atoms with Crippen LogP contribution >= 0.6 is 11.6 Å². The molecule has 1 fully saturated rings. The highest BCUT2D eigenvalue weighted by Gasteiger charge is 2.44.